The third-order valence-corrected chi connectivity index (χ3v) is 2.32. The number of carbonyl (C=O) groups is 1. The fourth-order valence-electron chi connectivity index (χ4n) is 1.48. The van der Waals surface area contributed by atoms with Gasteiger partial charge in [-0.3, -0.25) is 4.79 Å². The molecule has 2 aromatic rings. The van der Waals surface area contributed by atoms with E-state index in [1.165, 1.54) is 25.5 Å². The summed E-state index contributed by atoms with van der Waals surface area (Å²) >= 11 is 0. The van der Waals surface area contributed by atoms with Gasteiger partial charge in [0.25, 0.3) is 0 Å². The largest absolute Gasteiger partial charge is 0.512 e. The molecule has 0 amide bonds. The fourth-order valence-corrected chi connectivity index (χ4v) is 1.48. The summed E-state index contributed by atoms with van der Waals surface area (Å²) < 4.78 is 0. The number of aliphatic hydroxyl groups excluding tert-OH is 1. The Hall–Kier alpha value is -1.77. The number of aliphatic hydroxyl groups is 1. The zero-order valence-corrected chi connectivity index (χ0v) is 14.6. The smallest absolute Gasteiger partial charge is 0.155 e. The molecule has 1 heterocycles. The van der Waals surface area contributed by atoms with Gasteiger partial charge in [-0.1, -0.05) is 19.1 Å². The van der Waals surface area contributed by atoms with E-state index in [1.54, 1.807) is 6.20 Å². The van der Waals surface area contributed by atoms with Gasteiger partial charge >= 0.3 is 0 Å². The van der Waals surface area contributed by atoms with Gasteiger partial charge in [0.1, 0.15) is 0 Å². The van der Waals surface area contributed by atoms with Crippen LogP contribution in [0.5, 0.6) is 0 Å². The van der Waals surface area contributed by atoms with Crippen molar-refractivity contribution in [3.8, 4) is 11.3 Å². The van der Waals surface area contributed by atoms with Crippen LogP contribution in [0.1, 0.15) is 19.4 Å². The minimum atomic E-state index is -0.125. The van der Waals surface area contributed by atoms with Crippen LogP contribution in [0.25, 0.3) is 11.3 Å². The minimum absolute atomic E-state index is 0. The molecule has 1 aromatic heterocycles. The molecule has 0 aliphatic heterocycles. The first kappa shape index (κ1) is 19.2. The van der Waals surface area contributed by atoms with Crippen LogP contribution in [0.2, 0.25) is 0 Å². The van der Waals surface area contributed by atoms with Gasteiger partial charge in [-0.15, -0.1) is 35.4 Å². The van der Waals surface area contributed by atoms with Crippen molar-refractivity contribution in [2.45, 2.75) is 20.8 Å². The Bertz CT molecular complexity index is 573. The van der Waals surface area contributed by atoms with Gasteiger partial charge in [0.2, 0.25) is 0 Å². The predicted molar refractivity (Wildman–Crippen MR) is 80.3 cm³/mol. The summed E-state index contributed by atoms with van der Waals surface area (Å²) in [6.07, 6.45) is 2.96. The molecule has 4 heteroatoms. The van der Waals surface area contributed by atoms with Crippen LogP contribution in [0.3, 0.4) is 0 Å². The number of nitrogens with zero attached hydrogens (tertiary/aromatic N) is 1. The summed E-state index contributed by atoms with van der Waals surface area (Å²) in [5.41, 5.74) is 3.24. The Morgan fingerprint density at radius 2 is 1.95 bits per heavy atom. The van der Waals surface area contributed by atoms with Crippen LogP contribution in [0.15, 0.2) is 54.4 Å². The Morgan fingerprint density at radius 3 is 2.33 bits per heavy atom. The first-order chi connectivity index (χ1) is 9.49. The molecule has 0 saturated heterocycles. The summed E-state index contributed by atoms with van der Waals surface area (Å²) in [5.74, 6) is -0.0625. The average molecular weight is 461 g/mol. The number of allylic oxidation sites excluding steroid dienone is 2. The standard InChI is InChI=1S/C12H10N.C5H8O2.Ir/c1-10-5-7-11(8-6-10)12-4-2-3-9-13-12;1-4(6)3-5(2)7;/h2-7,9H,1H3;3,6H,1-2H3;/q-1;;. The van der Waals surface area contributed by atoms with Gasteiger partial charge < -0.3 is 10.1 Å². The zero-order valence-electron chi connectivity index (χ0n) is 12.3. The number of carbonyl (C=O) groups excluding carboxylic acids is 1. The third-order valence-electron chi connectivity index (χ3n) is 2.32. The maximum atomic E-state index is 10.0. The molecule has 0 spiro atoms. The van der Waals surface area contributed by atoms with E-state index < -0.39 is 0 Å². The van der Waals surface area contributed by atoms with E-state index in [9.17, 15) is 4.79 Å². The molecule has 0 saturated carbocycles. The maximum Gasteiger partial charge on any atom is 0.155 e. The summed E-state index contributed by atoms with van der Waals surface area (Å²) in [6.45, 7) is 4.90. The SMILES string of the molecule is CC(=O)C=C(C)O.Cc1c[c-]c(-c2ccccn2)cc1.[Ir]. The Balaban J connectivity index is 0.000000436. The van der Waals surface area contributed by atoms with E-state index >= 15 is 0 Å². The molecule has 0 aliphatic carbocycles. The Labute approximate surface area is 139 Å². The van der Waals surface area contributed by atoms with Crippen molar-refractivity contribution in [2.75, 3.05) is 0 Å². The molecule has 1 radical (unpaired) electrons. The zero-order chi connectivity index (χ0) is 15.0. The topological polar surface area (TPSA) is 50.2 Å². The van der Waals surface area contributed by atoms with Crippen LogP contribution in [-0.4, -0.2) is 15.9 Å². The molecule has 0 unspecified atom stereocenters. The van der Waals surface area contributed by atoms with Crippen molar-refractivity contribution in [3.05, 3.63) is 66.1 Å². The second-order valence-corrected chi connectivity index (χ2v) is 4.39. The number of aromatic nitrogens is 1. The predicted octanol–water partition coefficient (Wildman–Crippen LogP) is 3.89. The molecule has 21 heavy (non-hydrogen) atoms. The van der Waals surface area contributed by atoms with Crippen molar-refractivity contribution in [1.29, 1.82) is 0 Å². The first-order valence-electron chi connectivity index (χ1n) is 6.26. The number of pyridine rings is 1. The van der Waals surface area contributed by atoms with Gasteiger partial charge in [-0.25, -0.2) is 0 Å². The summed E-state index contributed by atoms with van der Waals surface area (Å²) in [6, 6.07) is 15.2. The molecule has 0 bridgehead atoms. The van der Waals surface area contributed by atoms with Crippen molar-refractivity contribution < 1.29 is 30.0 Å². The van der Waals surface area contributed by atoms with E-state index in [4.69, 9.17) is 5.11 Å². The summed E-state index contributed by atoms with van der Waals surface area (Å²) in [5, 5.41) is 8.36. The van der Waals surface area contributed by atoms with Crippen molar-refractivity contribution >= 4 is 5.78 Å². The first-order valence-corrected chi connectivity index (χ1v) is 6.26. The van der Waals surface area contributed by atoms with E-state index in [2.05, 4.69) is 24.0 Å². The number of hydrogen-bond donors (Lipinski definition) is 1. The van der Waals surface area contributed by atoms with Crippen LogP contribution >= 0.6 is 0 Å². The molecule has 1 aromatic carbocycles. The van der Waals surface area contributed by atoms with E-state index in [0.717, 1.165) is 11.3 Å². The van der Waals surface area contributed by atoms with Crippen LogP contribution in [0, 0.1) is 13.0 Å². The van der Waals surface area contributed by atoms with Crippen molar-refractivity contribution in [2.24, 2.45) is 0 Å². The number of rotatable bonds is 2. The second-order valence-electron chi connectivity index (χ2n) is 4.39. The normalized spacial score (nSPS) is 9.95. The molecule has 3 nitrogen and oxygen atoms in total. The Morgan fingerprint density at radius 1 is 1.24 bits per heavy atom. The van der Waals surface area contributed by atoms with Gasteiger partial charge in [0.05, 0.1) is 5.76 Å². The minimum Gasteiger partial charge on any atom is -0.512 e. The monoisotopic (exact) mass is 461 g/mol. The van der Waals surface area contributed by atoms with E-state index in [-0.39, 0.29) is 31.6 Å². The Kier molecular flexibility index (Phi) is 9.18. The van der Waals surface area contributed by atoms with Gasteiger partial charge in [0.15, 0.2) is 5.78 Å². The number of benzene rings is 1. The average Bonchev–Trinajstić information content (AvgIpc) is 2.40. The molecule has 0 aliphatic rings. The van der Waals surface area contributed by atoms with E-state index in [0.29, 0.717) is 0 Å². The van der Waals surface area contributed by atoms with Crippen LogP contribution in [-0.2, 0) is 24.9 Å². The molecule has 113 valence electrons. The molecule has 0 atom stereocenters. The molecular formula is C17H18IrNO2-. The molecule has 1 N–H and O–H groups in total. The quantitative estimate of drug-likeness (QED) is 0.420. The van der Waals surface area contributed by atoms with E-state index in [1.807, 2.05) is 30.3 Å². The summed E-state index contributed by atoms with van der Waals surface area (Å²) in [4.78, 5) is 14.3. The van der Waals surface area contributed by atoms with Gasteiger partial charge in [-0.05, 0) is 25.6 Å². The van der Waals surface area contributed by atoms with Crippen LogP contribution in [0.4, 0.5) is 0 Å². The molecule has 2 rings (SSSR count). The maximum absolute atomic E-state index is 10.0. The van der Waals surface area contributed by atoms with Gasteiger partial charge in [0, 0.05) is 32.4 Å². The molecule has 0 fully saturated rings. The second kappa shape index (κ2) is 10.0. The number of aryl methyl sites for hydroxylation is 1. The summed E-state index contributed by atoms with van der Waals surface area (Å²) in [7, 11) is 0. The van der Waals surface area contributed by atoms with Crippen LogP contribution < -0.4 is 0 Å². The number of hydrogen-bond acceptors (Lipinski definition) is 3. The van der Waals surface area contributed by atoms with Gasteiger partial charge in [-0.2, -0.15) is 0 Å². The number of ketones is 1. The third kappa shape index (κ3) is 8.18. The fraction of sp³-hybridized carbons (Fsp3) is 0.176. The van der Waals surface area contributed by atoms with Crippen molar-refractivity contribution in [1.82, 2.24) is 4.98 Å². The van der Waals surface area contributed by atoms with Crippen molar-refractivity contribution in [3.63, 3.8) is 0 Å². The molecular weight excluding hydrogens is 442 g/mol.